The molecule has 2 aromatic heterocycles. The Morgan fingerprint density at radius 3 is 2.69 bits per heavy atom. The molecule has 132 valence electrons. The predicted octanol–water partition coefficient (Wildman–Crippen LogP) is 3.84. The third-order valence-electron chi connectivity index (χ3n) is 3.78. The van der Waals surface area contributed by atoms with E-state index in [1.54, 1.807) is 17.5 Å². The molecule has 3 heterocycles. The van der Waals surface area contributed by atoms with Crippen LogP contribution in [0.5, 0.6) is 11.5 Å². The van der Waals surface area contributed by atoms with Crippen molar-refractivity contribution in [1.29, 1.82) is 0 Å². The van der Waals surface area contributed by atoms with Gasteiger partial charge < -0.3 is 20.1 Å². The van der Waals surface area contributed by atoms with Crippen LogP contribution >= 0.6 is 11.3 Å². The Morgan fingerprint density at radius 2 is 1.92 bits per heavy atom. The number of nitrogens with zero attached hydrogens (tertiary/aromatic N) is 1. The maximum Gasteiger partial charge on any atom is 0.229 e. The molecule has 0 atom stereocenters. The Bertz CT molecular complexity index is 895. The second kappa shape index (κ2) is 7.45. The number of thiophene rings is 1. The zero-order valence-electron chi connectivity index (χ0n) is 13.9. The van der Waals surface area contributed by atoms with Gasteiger partial charge in [0.05, 0.1) is 18.3 Å². The van der Waals surface area contributed by atoms with Gasteiger partial charge in [-0.15, -0.1) is 11.3 Å². The van der Waals surface area contributed by atoms with Gasteiger partial charge in [-0.3, -0.25) is 4.79 Å². The SMILES string of the molecule is O=C(Cc1cccs1)Nc1ccc(Nc2ccc3c(c2)OCCO3)nc1. The van der Waals surface area contributed by atoms with E-state index in [-0.39, 0.29) is 5.91 Å². The minimum Gasteiger partial charge on any atom is -0.486 e. The van der Waals surface area contributed by atoms with Crippen molar-refractivity contribution >= 4 is 34.4 Å². The number of carbonyl (C=O) groups is 1. The summed E-state index contributed by atoms with van der Waals surface area (Å²) in [6.45, 7) is 1.12. The maximum absolute atomic E-state index is 12.0. The summed E-state index contributed by atoms with van der Waals surface area (Å²) in [4.78, 5) is 17.4. The summed E-state index contributed by atoms with van der Waals surface area (Å²) < 4.78 is 11.1. The molecule has 0 saturated heterocycles. The van der Waals surface area contributed by atoms with Gasteiger partial charge in [0.2, 0.25) is 5.91 Å². The van der Waals surface area contributed by atoms with Crippen molar-refractivity contribution in [3.8, 4) is 11.5 Å². The lowest BCUT2D eigenvalue weighted by Crippen LogP contribution is -2.15. The van der Waals surface area contributed by atoms with E-state index in [2.05, 4.69) is 15.6 Å². The number of carbonyl (C=O) groups excluding carboxylic acids is 1. The van der Waals surface area contributed by atoms with E-state index in [9.17, 15) is 4.79 Å². The molecular formula is C19H17N3O3S. The van der Waals surface area contributed by atoms with Crippen molar-refractivity contribution in [3.63, 3.8) is 0 Å². The van der Waals surface area contributed by atoms with Gasteiger partial charge in [-0.1, -0.05) is 6.07 Å². The molecule has 2 N–H and O–H groups in total. The number of hydrogen-bond donors (Lipinski definition) is 2. The second-order valence-electron chi connectivity index (χ2n) is 5.72. The van der Waals surface area contributed by atoms with E-state index in [1.807, 2.05) is 47.8 Å². The molecule has 1 amide bonds. The number of aromatic nitrogens is 1. The highest BCUT2D eigenvalue weighted by Gasteiger charge is 2.12. The first-order valence-electron chi connectivity index (χ1n) is 8.21. The number of benzene rings is 1. The van der Waals surface area contributed by atoms with Gasteiger partial charge in [0.1, 0.15) is 19.0 Å². The van der Waals surface area contributed by atoms with Crippen LogP contribution in [0.25, 0.3) is 0 Å². The molecule has 1 aromatic carbocycles. The molecule has 0 fully saturated rings. The molecule has 3 aromatic rings. The summed E-state index contributed by atoms with van der Waals surface area (Å²) >= 11 is 1.57. The number of hydrogen-bond acceptors (Lipinski definition) is 6. The monoisotopic (exact) mass is 367 g/mol. The van der Waals surface area contributed by atoms with Crippen molar-refractivity contribution in [1.82, 2.24) is 4.98 Å². The zero-order chi connectivity index (χ0) is 17.8. The zero-order valence-corrected chi connectivity index (χ0v) is 14.7. The third-order valence-corrected chi connectivity index (χ3v) is 4.65. The molecule has 0 spiro atoms. The van der Waals surface area contributed by atoms with Crippen molar-refractivity contribution in [2.75, 3.05) is 23.8 Å². The fraction of sp³-hybridized carbons (Fsp3) is 0.158. The second-order valence-corrected chi connectivity index (χ2v) is 6.75. The lowest BCUT2D eigenvalue weighted by atomic mass is 10.2. The summed E-state index contributed by atoms with van der Waals surface area (Å²) in [6, 6.07) is 13.2. The van der Waals surface area contributed by atoms with Crippen LogP contribution in [0.2, 0.25) is 0 Å². The molecule has 6 nitrogen and oxygen atoms in total. The molecule has 7 heteroatoms. The van der Waals surface area contributed by atoms with E-state index in [0.717, 1.165) is 22.1 Å². The Morgan fingerprint density at radius 1 is 1.08 bits per heavy atom. The summed E-state index contributed by atoms with van der Waals surface area (Å²) in [6.07, 6.45) is 2.00. The normalized spacial score (nSPS) is 12.5. The summed E-state index contributed by atoms with van der Waals surface area (Å²) in [7, 11) is 0. The highest BCUT2D eigenvalue weighted by molar-refractivity contribution is 7.10. The summed E-state index contributed by atoms with van der Waals surface area (Å²) in [5, 5.41) is 8.03. The van der Waals surface area contributed by atoms with Gasteiger partial charge in [-0.25, -0.2) is 4.98 Å². The number of fused-ring (bicyclic) bond motifs is 1. The number of anilines is 3. The van der Waals surface area contributed by atoms with Gasteiger partial charge >= 0.3 is 0 Å². The Hall–Kier alpha value is -3.06. The van der Waals surface area contributed by atoms with Crippen molar-refractivity contribution in [3.05, 3.63) is 58.9 Å². The predicted molar refractivity (Wildman–Crippen MR) is 102 cm³/mol. The fourth-order valence-electron chi connectivity index (χ4n) is 2.59. The average Bonchev–Trinajstić information content (AvgIpc) is 3.16. The summed E-state index contributed by atoms with van der Waals surface area (Å²) in [5.41, 5.74) is 1.52. The van der Waals surface area contributed by atoms with Gasteiger partial charge in [-0.2, -0.15) is 0 Å². The van der Waals surface area contributed by atoms with Gasteiger partial charge in [0, 0.05) is 16.6 Å². The number of rotatable bonds is 5. The molecule has 0 bridgehead atoms. The average molecular weight is 367 g/mol. The Balaban J connectivity index is 1.37. The standard InChI is InChI=1S/C19H17N3O3S/c23-19(11-15-2-1-9-26-15)22-14-4-6-18(20-12-14)21-13-3-5-16-17(10-13)25-8-7-24-16/h1-6,9-10,12H,7-8,11H2,(H,20,21)(H,22,23). The number of nitrogens with one attached hydrogen (secondary N) is 2. The van der Waals surface area contributed by atoms with E-state index in [1.165, 1.54) is 0 Å². The minimum atomic E-state index is -0.0539. The van der Waals surface area contributed by atoms with Crippen LogP contribution in [0.1, 0.15) is 4.88 Å². The minimum absolute atomic E-state index is 0.0539. The number of amides is 1. The first-order valence-corrected chi connectivity index (χ1v) is 9.09. The highest BCUT2D eigenvalue weighted by atomic mass is 32.1. The topological polar surface area (TPSA) is 72.5 Å². The molecule has 1 aliphatic rings. The van der Waals surface area contributed by atoms with Crippen LogP contribution < -0.4 is 20.1 Å². The first-order chi connectivity index (χ1) is 12.8. The van der Waals surface area contributed by atoms with Crippen molar-refractivity contribution in [2.24, 2.45) is 0 Å². The van der Waals surface area contributed by atoms with Crippen molar-refractivity contribution < 1.29 is 14.3 Å². The van der Waals surface area contributed by atoms with Crippen LogP contribution in [0.3, 0.4) is 0 Å². The molecule has 4 rings (SSSR count). The number of ether oxygens (including phenoxy) is 2. The summed E-state index contributed by atoms with van der Waals surface area (Å²) in [5.74, 6) is 2.09. The van der Waals surface area contributed by atoms with Crippen LogP contribution in [-0.2, 0) is 11.2 Å². The third kappa shape index (κ3) is 3.94. The number of pyridine rings is 1. The quantitative estimate of drug-likeness (QED) is 0.717. The van der Waals surface area contributed by atoms with E-state index in [0.29, 0.717) is 31.1 Å². The van der Waals surface area contributed by atoms with Crippen LogP contribution in [-0.4, -0.2) is 24.1 Å². The first kappa shape index (κ1) is 16.4. The van der Waals surface area contributed by atoms with Crippen LogP contribution in [0.15, 0.2) is 54.0 Å². The fourth-order valence-corrected chi connectivity index (χ4v) is 3.29. The molecule has 0 unspecified atom stereocenters. The van der Waals surface area contributed by atoms with E-state index in [4.69, 9.17) is 9.47 Å². The van der Waals surface area contributed by atoms with Crippen molar-refractivity contribution in [2.45, 2.75) is 6.42 Å². The van der Waals surface area contributed by atoms with E-state index >= 15 is 0 Å². The van der Waals surface area contributed by atoms with Gasteiger partial charge in [0.25, 0.3) is 0 Å². The van der Waals surface area contributed by atoms with Crippen LogP contribution in [0.4, 0.5) is 17.2 Å². The Kier molecular flexibility index (Phi) is 4.70. The highest BCUT2D eigenvalue weighted by Crippen LogP contribution is 2.33. The molecular weight excluding hydrogens is 350 g/mol. The molecule has 1 aliphatic heterocycles. The van der Waals surface area contributed by atoms with Gasteiger partial charge in [-0.05, 0) is 35.7 Å². The van der Waals surface area contributed by atoms with Gasteiger partial charge in [0.15, 0.2) is 11.5 Å². The lowest BCUT2D eigenvalue weighted by molar-refractivity contribution is -0.115. The molecule has 0 saturated carbocycles. The van der Waals surface area contributed by atoms with E-state index < -0.39 is 0 Å². The maximum atomic E-state index is 12.0. The largest absolute Gasteiger partial charge is 0.486 e. The smallest absolute Gasteiger partial charge is 0.229 e. The molecule has 0 aliphatic carbocycles. The molecule has 0 radical (unpaired) electrons. The lowest BCUT2D eigenvalue weighted by Gasteiger charge is -2.19. The Labute approximate surface area is 154 Å². The molecule has 26 heavy (non-hydrogen) atoms. The van der Waals surface area contributed by atoms with Crippen LogP contribution in [0, 0.1) is 0 Å².